The van der Waals surface area contributed by atoms with E-state index in [9.17, 15) is 18.4 Å². The van der Waals surface area contributed by atoms with Gasteiger partial charge >= 0.3 is 12.6 Å². The Morgan fingerprint density at radius 1 is 1.17 bits per heavy atom. The second kappa shape index (κ2) is 9.46. The van der Waals surface area contributed by atoms with Crippen molar-refractivity contribution in [2.45, 2.75) is 19.5 Å². The van der Waals surface area contributed by atoms with Crippen LogP contribution in [0.5, 0.6) is 5.75 Å². The maximum Gasteiger partial charge on any atom is 0.387 e. The number of aromatic nitrogens is 2. The van der Waals surface area contributed by atoms with Crippen molar-refractivity contribution in [1.82, 2.24) is 10.2 Å². The molecule has 2 heterocycles. The number of carbonyl (C=O) groups is 2. The summed E-state index contributed by atoms with van der Waals surface area (Å²) < 4.78 is 33.6. The van der Waals surface area contributed by atoms with E-state index in [-0.39, 0.29) is 22.2 Å². The van der Waals surface area contributed by atoms with Crippen molar-refractivity contribution in [3.05, 3.63) is 41.0 Å². The highest BCUT2D eigenvalue weighted by Gasteiger charge is 2.17. The van der Waals surface area contributed by atoms with Crippen LogP contribution in [0.25, 0.3) is 0 Å². The van der Waals surface area contributed by atoms with Gasteiger partial charge in [0, 0.05) is 18.8 Å². The van der Waals surface area contributed by atoms with Gasteiger partial charge in [-0.05, 0) is 43.2 Å². The quantitative estimate of drug-likeness (QED) is 0.680. The van der Waals surface area contributed by atoms with Crippen LogP contribution in [-0.4, -0.2) is 48.4 Å². The van der Waals surface area contributed by atoms with E-state index >= 15 is 0 Å². The standard InChI is InChI=1S/C18H17ClF2N4O4/c19-12-9-11(3-5-14(12)29-18(20)21)22-16(26)10-28-17(27)13-4-6-15(24-23-13)25-7-1-2-8-25/h3-6,9,18H,1-2,7-8,10H2,(H,22,26). The molecule has 2 aromatic rings. The van der Waals surface area contributed by atoms with Crippen LogP contribution < -0.4 is 15.0 Å². The first-order valence-corrected chi connectivity index (χ1v) is 9.10. The molecule has 1 aliphatic heterocycles. The zero-order chi connectivity index (χ0) is 20.8. The highest BCUT2D eigenvalue weighted by molar-refractivity contribution is 6.32. The van der Waals surface area contributed by atoms with Gasteiger partial charge < -0.3 is 19.7 Å². The first-order valence-electron chi connectivity index (χ1n) is 8.72. The average molecular weight is 427 g/mol. The molecule has 154 valence electrons. The summed E-state index contributed by atoms with van der Waals surface area (Å²) in [5.41, 5.74) is 0.213. The van der Waals surface area contributed by atoms with Crippen LogP contribution in [0.15, 0.2) is 30.3 Å². The van der Waals surface area contributed by atoms with Gasteiger partial charge in [-0.15, -0.1) is 10.2 Å². The molecular weight excluding hydrogens is 410 g/mol. The topological polar surface area (TPSA) is 93.7 Å². The van der Waals surface area contributed by atoms with Crippen LogP contribution >= 0.6 is 11.6 Å². The Bertz CT molecular complexity index is 877. The van der Waals surface area contributed by atoms with E-state index in [0.717, 1.165) is 25.9 Å². The van der Waals surface area contributed by atoms with Gasteiger partial charge in [-0.2, -0.15) is 8.78 Å². The van der Waals surface area contributed by atoms with Crippen molar-refractivity contribution >= 4 is 35.0 Å². The lowest BCUT2D eigenvalue weighted by atomic mass is 10.3. The number of ether oxygens (including phenoxy) is 2. The molecule has 1 aromatic carbocycles. The summed E-state index contributed by atoms with van der Waals surface area (Å²) in [5.74, 6) is -0.965. The summed E-state index contributed by atoms with van der Waals surface area (Å²) in [5, 5.41) is 10.2. The second-order valence-electron chi connectivity index (χ2n) is 6.12. The van der Waals surface area contributed by atoms with Crippen LogP contribution in [0.1, 0.15) is 23.3 Å². The highest BCUT2D eigenvalue weighted by atomic mass is 35.5. The van der Waals surface area contributed by atoms with Crippen LogP contribution in [0.3, 0.4) is 0 Å². The molecule has 1 aliphatic rings. The van der Waals surface area contributed by atoms with E-state index in [1.54, 1.807) is 6.07 Å². The number of hydrogen-bond donors (Lipinski definition) is 1. The van der Waals surface area contributed by atoms with Crippen molar-refractivity contribution in [1.29, 1.82) is 0 Å². The number of halogens is 3. The van der Waals surface area contributed by atoms with Crippen LogP contribution in [-0.2, 0) is 9.53 Å². The number of carbonyl (C=O) groups excluding carboxylic acids is 2. The van der Waals surface area contributed by atoms with Crippen LogP contribution in [0.2, 0.25) is 5.02 Å². The van der Waals surface area contributed by atoms with Gasteiger partial charge in [-0.25, -0.2) is 4.79 Å². The largest absolute Gasteiger partial charge is 0.451 e. The third-order valence-corrected chi connectivity index (χ3v) is 4.35. The van der Waals surface area contributed by atoms with Crippen LogP contribution in [0, 0.1) is 0 Å². The number of nitrogens with one attached hydrogen (secondary N) is 1. The fraction of sp³-hybridized carbons (Fsp3) is 0.333. The van der Waals surface area contributed by atoms with Crippen molar-refractivity contribution in [3.63, 3.8) is 0 Å². The van der Waals surface area contributed by atoms with Gasteiger partial charge in [0.15, 0.2) is 18.1 Å². The minimum atomic E-state index is -3.01. The predicted molar refractivity (Wildman–Crippen MR) is 100 cm³/mol. The van der Waals surface area contributed by atoms with Crippen molar-refractivity contribution in [2.75, 3.05) is 29.9 Å². The summed E-state index contributed by atoms with van der Waals surface area (Å²) >= 11 is 5.81. The molecule has 0 unspecified atom stereocenters. The van der Waals surface area contributed by atoms with E-state index in [2.05, 4.69) is 25.2 Å². The predicted octanol–water partition coefficient (Wildman–Crippen LogP) is 3.13. The molecule has 11 heteroatoms. The fourth-order valence-corrected chi connectivity index (χ4v) is 2.95. The second-order valence-corrected chi connectivity index (χ2v) is 6.53. The number of rotatable bonds is 7. The summed E-state index contributed by atoms with van der Waals surface area (Å²) in [7, 11) is 0. The Morgan fingerprint density at radius 2 is 1.93 bits per heavy atom. The summed E-state index contributed by atoms with van der Waals surface area (Å²) in [6.45, 7) is -1.78. The van der Waals surface area contributed by atoms with E-state index in [4.69, 9.17) is 16.3 Å². The number of hydrogen-bond acceptors (Lipinski definition) is 7. The molecule has 1 fully saturated rings. The lowest BCUT2D eigenvalue weighted by Gasteiger charge is -2.15. The minimum absolute atomic E-state index is 0.0164. The van der Waals surface area contributed by atoms with Gasteiger partial charge in [-0.3, -0.25) is 4.79 Å². The first kappa shape index (κ1) is 20.7. The molecule has 8 nitrogen and oxygen atoms in total. The molecule has 0 atom stereocenters. The third kappa shape index (κ3) is 5.74. The Hall–Kier alpha value is -3.01. The Labute approximate surface area is 169 Å². The molecule has 1 aromatic heterocycles. The molecule has 1 amide bonds. The smallest absolute Gasteiger partial charge is 0.387 e. The van der Waals surface area contributed by atoms with Gasteiger partial charge in [0.25, 0.3) is 5.91 Å². The van der Waals surface area contributed by atoms with Gasteiger partial charge in [0.2, 0.25) is 0 Å². The van der Waals surface area contributed by atoms with Gasteiger partial charge in [-0.1, -0.05) is 11.6 Å². The van der Waals surface area contributed by atoms with Crippen molar-refractivity contribution < 1.29 is 27.8 Å². The maximum atomic E-state index is 12.2. The number of amides is 1. The molecule has 0 aliphatic carbocycles. The number of benzene rings is 1. The third-order valence-electron chi connectivity index (χ3n) is 4.06. The number of anilines is 2. The highest BCUT2D eigenvalue weighted by Crippen LogP contribution is 2.28. The fourth-order valence-electron chi connectivity index (χ4n) is 2.72. The van der Waals surface area contributed by atoms with E-state index in [1.165, 1.54) is 24.3 Å². The van der Waals surface area contributed by atoms with Gasteiger partial charge in [0.1, 0.15) is 5.75 Å². The normalized spacial score (nSPS) is 13.4. The van der Waals surface area contributed by atoms with Crippen molar-refractivity contribution in [3.8, 4) is 5.75 Å². The lowest BCUT2D eigenvalue weighted by molar-refractivity contribution is -0.119. The van der Waals surface area contributed by atoms with Gasteiger partial charge in [0.05, 0.1) is 5.02 Å². The zero-order valence-electron chi connectivity index (χ0n) is 15.1. The molecule has 0 bridgehead atoms. The molecular formula is C18H17ClF2N4O4. The molecule has 29 heavy (non-hydrogen) atoms. The summed E-state index contributed by atoms with van der Waals surface area (Å²) in [6, 6.07) is 6.92. The molecule has 0 spiro atoms. The maximum absolute atomic E-state index is 12.2. The number of alkyl halides is 2. The summed E-state index contributed by atoms with van der Waals surface area (Å²) in [4.78, 5) is 26.0. The Kier molecular flexibility index (Phi) is 6.76. The lowest BCUT2D eigenvalue weighted by Crippen LogP contribution is -2.22. The van der Waals surface area contributed by atoms with E-state index in [0.29, 0.717) is 5.82 Å². The molecule has 1 saturated heterocycles. The monoisotopic (exact) mass is 426 g/mol. The Balaban J connectivity index is 1.49. The SMILES string of the molecule is O=C(COC(=O)c1ccc(N2CCCC2)nn1)Nc1ccc(OC(F)F)c(Cl)c1. The van der Waals surface area contributed by atoms with E-state index < -0.39 is 25.1 Å². The zero-order valence-corrected chi connectivity index (χ0v) is 15.9. The van der Waals surface area contributed by atoms with Crippen molar-refractivity contribution in [2.24, 2.45) is 0 Å². The Morgan fingerprint density at radius 3 is 2.55 bits per heavy atom. The molecule has 3 rings (SSSR count). The molecule has 1 N–H and O–H groups in total. The minimum Gasteiger partial charge on any atom is -0.451 e. The van der Waals surface area contributed by atoms with Crippen LogP contribution in [0.4, 0.5) is 20.3 Å². The average Bonchev–Trinajstić information content (AvgIpc) is 3.23. The molecule has 0 radical (unpaired) electrons. The first-order chi connectivity index (χ1) is 13.9. The van der Waals surface area contributed by atoms with E-state index in [1.807, 2.05) is 0 Å². The summed E-state index contributed by atoms with van der Waals surface area (Å²) in [6.07, 6.45) is 2.18. The number of nitrogens with zero attached hydrogens (tertiary/aromatic N) is 3. The molecule has 0 saturated carbocycles. The number of esters is 1.